The molecule has 0 amide bonds. The quantitative estimate of drug-likeness (QED) is 0.0944. The zero-order valence-electron chi connectivity index (χ0n) is 29.5. The number of aromatic nitrogens is 3. The molecule has 4 aromatic carbocycles. The van der Waals surface area contributed by atoms with Gasteiger partial charge in [-0.1, -0.05) is 108 Å². The molecule has 2 heterocycles. The van der Waals surface area contributed by atoms with E-state index in [0.717, 1.165) is 58.9 Å². The van der Waals surface area contributed by atoms with E-state index in [1.807, 2.05) is 27.7 Å². The van der Waals surface area contributed by atoms with Crippen molar-refractivity contribution in [2.75, 3.05) is 0 Å². The molecule has 253 valence electrons. The zero-order chi connectivity index (χ0) is 33.9. The summed E-state index contributed by atoms with van der Waals surface area (Å²) >= 11 is 0. The van der Waals surface area contributed by atoms with E-state index in [4.69, 9.17) is 9.97 Å². The molecule has 6 heteroatoms. The molecule has 6 rings (SSSR count). The van der Waals surface area contributed by atoms with Gasteiger partial charge in [-0.05, 0) is 47.9 Å². The topological polar surface area (TPSA) is 68.0 Å². The van der Waals surface area contributed by atoms with E-state index in [9.17, 15) is 9.90 Å². The van der Waals surface area contributed by atoms with E-state index in [-0.39, 0.29) is 48.9 Å². The Morgan fingerprint density at radius 1 is 0.875 bits per heavy atom. The van der Waals surface area contributed by atoms with Crippen molar-refractivity contribution in [1.82, 2.24) is 14.5 Å². The van der Waals surface area contributed by atoms with Gasteiger partial charge in [0.15, 0.2) is 5.78 Å². The molecule has 5 nitrogen and oxygen atoms in total. The summed E-state index contributed by atoms with van der Waals surface area (Å²) < 4.78 is 2.23. The fourth-order valence-corrected chi connectivity index (χ4v) is 6.74. The monoisotopic (exact) mass is 819 g/mol. The Morgan fingerprint density at radius 3 is 2.15 bits per heavy atom. The molecule has 0 fully saturated rings. The van der Waals surface area contributed by atoms with E-state index < -0.39 is 0 Å². The minimum atomic E-state index is 0. The molecule has 0 atom stereocenters. The van der Waals surface area contributed by atoms with E-state index >= 15 is 0 Å². The van der Waals surface area contributed by atoms with Crippen LogP contribution in [0.25, 0.3) is 54.7 Å². The summed E-state index contributed by atoms with van der Waals surface area (Å²) in [5, 5.41) is 15.7. The SMILES string of the molecule is CCC(CC)C(=O)/C=C(\O)C(CC)CC.Cn1c2ccc3ccccc3c2c2ncnc(-c3[c-]c4ccccc4c(C(C)(C)C)c3)c21.[Ir]. The molecule has 0 aliphatic carbocycles. The second kappa shape index (κ2) is 15.6. The number of aliphatic hydroxyl groups excluding tert-OH is 1. The Morgan fingerprint density at radius 2 is 1.50 bits per heavy atom. The average Bonchev–Trinajstić information content (AvgIpc) is 3.37. The predicted molar refractivity (Wildman–Crippen MR) is 198 cm³/mol. The normalized spacial score (nSPS) is 12.2. The van der Waals surface area contributed by atoms with E-state index in [1.54, 1.807) is 6.33 Å². The van der Waals surface area contributed by atoms with Crippen LogP contribution in [-0.2, 0) is 37.4 Å². The van der Waals surface area contributed by atoms with Crippen molar-refractivity contribution in [3.63, 3.8) is 0 Å². The van der Waals surface area contributed by atoms with Crippen LogP contribution in [0, 0.1) is 17.9 Å². The summed E-state index contributed by atoms with van der Waals surface area (Å²) in [6.07, 6.45) is 6.60. The summed E-state index contributed by atoms with van der Waals surface area (Å²) in [5.41, 5.74) is 6.44. The van der Waals surface area contributed by atoms with Crippen LogP contribution in [0.4, 0.5) is 0 Å². The first-order valence-corrected chi connectivity index (χ1v) is 17.0. The molecule has 0 aliphatic heterocycles. The Labute approximate surface area is 298 Å². The summed E-state index contributed by atoms with van der Waals surface area (Å²) in [6, 6.07) is 27.3. The number of benzene rings is 4. The van der Waals surface area contributed by atoms with Crippen molar-refractivity contribution in [3.05, 3.63) is 96.5 Å². The fraction of sp³-hybridized carbons (Fsp3) is 0.357. The molecule has 0 saturated heterocycles. The van der Waals surface area contributed by atoms with Gasteiger partial charge in [0.1, 0.15) is 6.33 Å². The van der Waals surface area contributed by atoms with Crippen LogP contribution in [-0.4, -0.2) is 25.4 Å². The van der Waals surface area contributed by atoms with Crippen LogP contribution in [0.15, 0.2) is 84.9 Å². The van der Waals surface area contributed by atoms with Gasteiger partial charge in [-0.3, -0.25) is 9.78 Å². The van der Waals surface area contributed by atoms with Crippen molar-refractivity contribution in [1.29, 1.82) is 0 Å². The molecular weight excluding hydrogens is 771 g/mol. The van der Waals surface area contributed by atoms with E-state index in [0.29, 0.717) is 0 Å². The molecule has 1 radical (unpaired) electrons. The first-order valence-electron chi connectivity index (χ1n) is 17.0. The number of fused-ring (bicyclic) bond motifs is 6. The maximum Gasteiger partial charge on any atom is 0.162 e. The number of carbonyl (C=O) groups excluding carboxylic acids is 1. The molecule has 0 unspecified atom stereocenters. The van der Waals surface area contributed by atoms with Crippen LogP contribution >= 0.6 is 0 Å². The molecule has 48 heavy (non-hydrogen) atoms. The van der Waals surface area contributed by atoms with E-state index in [1.165, 1.54) is 33.2 Å². The van der Waals surface area contributed by atoms with Gasteiger partial charge in [0.05, 0.1) is 22.3 Å². The van der Waals surface area contributed by atoms with Crippen LogP contribution in [0.3, 0.4) is 0 Å². The third-order valence-corrected chi connectivity index (χ3v) is 9.58. The van der Waals surface area contributed by atoms with Crippen molar-refractivity contribution in [3.8, 4) is 11.3 Å². The number of carbonyl (C=O) groups is 1. The van der Waals surface area contributed by atoms with Crippen LogP contribution < -0.4 is 0 Å². The standard InChI is InChI=1S/C29H24N3.C13H24O2.Ir/c1-29(2,3)23-16-20(15-19-10-6-7-11-21(19)23)26-28-27(31-17-30-26)25-22-12-8-5-9-18(22)13-14-24(25)32(28)4;1-5-10(6-2)12(14)9-13(15)11(7-3)8-4;/h5-14,16-17H,1-4H3;9-11,14H,5-8H2,1-4H3;/q-1;;/b;12-9-;. The number of allylic oxidation sites excluding steroid dienone is 2. The van der Waals surface area contributed by atoms with Gasteiger partial charge in [-0.15, -0.1) is 29.1 Å². The Balaban J connectivity index is 0.000000279. The number of aliphatic hydroxyl groups is 1. The molecule has 1 N–H and O–H groups in total. The molecule has 0 bridgehead atoms. The van der Waals surface area contributed by atoms with Gasteiger partial charge in [-0.25, -0.2) is 4.98 Å². The first-order chi connectivity index (χ1) is 22.5. The number of aryl methyl sites for hydroxylation is 1. The van der Waals surface area contributed by atoms with E-state index in [2.05, 4.69) is 105 Å². The maximum absolute atomic E-state index is 11.7. The number of rotatable bonds is 8. The van der Waals surface area contributed by atoms with Gasteiger partial charge >= 0.3 is 0 Å². The molecular formula is C42H48IrN3O2-. The van der Waals surface area contributed by atoms with Crippen LogP contribution in [0.2, 0.25) is 0 Å². The summed E-state index contributed by atoms with van der Waals surface area (Å²) in [6.45, 7) is 14.9. The Bertz CT molecular complexity index is 2080. The van der Waals surface area contributed by atoms with Crippen molar-refractivity contribution >= 4 is 49.3 Å². The second-order valence-corrected chi connectivity index (χ2v) is 13.6. The number of hydrogen-bond acceptors (Lipinski definition) is 4. The smallest absolute Gasteiger partial charge is 0.162 e. The molecule has 2 aromatic heterocycles. The third-order valence-electron chi connectivity index (χ3n) is 9.58. The third kappa shape index (κ3) is 7.26. The fourth-order valence-electron chi connectivity index (χ4n) is 6.74. The van der Waals surface area contributed by atoms with Gasteiger partial charge in [0.2, 0.25) is 0 Å². The molecule has 6 aromatic rings. The Hall–Kier alpha value is -3.86. The minimum Gasteiger partial charge on any atom is -0.512 e. The molecule has 0 spiro atoms. The Kier molecular flexibility index (Phi) is 12.0. The van der Waals surface area contributed by atoms with Gasteiger partial charge < -0.3 is 9.67 Å². The van der Waals surface area contributed by atoms with Crippen molar-refractivity contribution in [2.45, 2.75) is 79.6 Å². The minimum absolute atomic E-state index is 0. The summed E-state index contributed by atoms with van der Waals surface area (Å²) in [7, 11) is 2.11. The largest absolute Gasteiger partial charge is 0.512 e. The zero-order valence-corrected chi connectivity index (χ0v) is 31.9. The van der Waals surface area contributed by atoms with Crippen molar-refractivity contribution in [2.24, 2.45) is 18.9 Å². The molecule has 0 saturated carbocycles. The first kappa shape index (κ1) is 37.0. The predicted octanol–water partition coefficient (Wildman–Crippen LogP) is 11.1. The van der Waals surface area contributed by atoms with Gasteiger partial charge in [0.25, 0.3) is 0 Å². The second-order valence-electron chi connectivity index (χ2n) is 13.6. The summed E-state index contributed by atoms with van der Waals surface area (Å²) in [4.78, 5) is 21.2. The average molecular weight is 819 g/mol. The van der Waals surface area contributed by atoms with Crippen LogP contribution in [0.5, 0.6) is 0 Å². The maximum atomic E-state index is 11.7. The van der Waals surface area contributed by atoms with Crippen LogP contribution in [0.1, 0.15) is 79.7 Å². The number of nitrogens with zero attached hydrogens (tertiary/aromatic N) is 3. The number of hydrogen-bond donors (Lipinski definition) is 1. The van der Waals surface area contributed by atoms with Gasteiger partial charge in [0, 0.05) is 56.1 Å². The summed E-state index contributed by atoms with van der Waals surface area (Å²) in [5.74, 6) is 0.547. The number of ketones is 1. The molecule has 0 aliphatic rings. The van der Waals surface area contributed by atoms with Gasteiger partial charge in [-0.2, -0.15) is 0 Å². The van der Waals surface area contributed by atoms with Crippen molar-refractivity contribution < 1.29 is 30.0 Å².